The number of rotatable bonds is 0. The molecule has 0 unspecified atom stereocenters. The molecule has 0 aromatic rings. The smallest absolute Gasteiger partial charge is 0.155 e. The van der Waals surface area contributed by atoms with Gasteiger partial charge in [0.2, 0.25) is 0 Å². The molecule has 1 nitrogen and oxygen atoms in total. The Morgan fingerprint density at radius 1 is 1.25 bits per heavy atom. The Labute approximate surface area is 73.2 Å². The predicted molar refractivity (Wildman–Crippen MR) is 48.8 cm³/mol. The van der Waals surface area contributed by atoms with E-state index in [0.29, 0.717) is 11.7 Å². The third-order valence-electron chi connectivity index (χ3n) is 2.84. The van der Waals surface area contributed by atoms with E-state index < -0.39 is 0 Å². The van der Waals surface area contributed by atoms with E-state index in [1.54, 1.807) is 0 Å². The molecule has 0 fully saturated rings. The first-order valence-electron chi connectivity index (χ1n) is 4.67. The standard InChI is InChI=1S/C11H14O/c1-8-2-3-9-4-5-11(12)7-10(9)6-8/h6-7,9H,2-5H2,1H3/t9-/m0/s1. The van der Waals surface area contributed by atoms with E-state index >= 15 is 0 Å². The molecule has 0 aromatic carbocycles. The molecular formula is C11H14O. The topological polar surface area (TPSA) is 17.1 Å². The number of ketones is 1. The van der Waals surface area contributed by atoms with Crippen molar-refractivity contribution in [2.45, 2.75) is 32.6 Å². The summed E-state index contributed by atoms with van der Waals surface area (Å²) in [6, 6.07) is 0. The summed E-state index contributed by atoms with van der Waals surface area (Å²) in [4.78, 5) is 11.1. The molecule has 0 amide bonds. The molecule has 64 valence electrons. The first-order chi connectivity index (χ1) is 5.75. The number of hydrogen-bond donors (Lipinski definition) is 0. The summed E-state index contributed by atoms with van der Waals surface area (Å²) in [6.07, 6.45) is 8.36. The highest BCUT2D eigenvalue weighted by Gasteiger charge is 2.22. The second-order valence-electron chi connectivity index (χ2n) is 3.88. The molecule has 1 atom stereocenters. The van der Waals surface area contributed by atoms with E-state index in [1.807, 2.05) is 6.08 Å². The minimum absolute atomic E-state index is 0.312. The minimum atomic E-state index is 0.312. The quantitative estimate of drug-likeness (QED) is 0.535. The molecule has 12 heavy (non-hydrogen) atoms. The molecule has 0 aliphatic heterocycles. The normalized spacial score (nSPS) is 29.1. The van der Waals surface area contributed by atoms with Gasteiger partial charge in [-0.1, -0.05) is 11.6 Å². The van der Waals surface area contributed by atoms with Crippen LogP contribution in [0, 0.1) is 5.92 Å². The number of carbonyl (C=O) groups is 1. The van der Waals surface area contributed by atoms with E-state index in [2.05, 4.69) is 13.0 Å². The van der Waals surface area contributed by atoms with Crippen molar-refractivity contribution in [3.05, 3.63) is 23.3 Å². The van der Waals surface area contributed by atoms with Crippen molar-refractivity contribution in [2.75, 3.05) is 0 Å². The van der Waals surface area contributed by atoms with Gasteiger partial charge in [0, 0.05) is 6.42 Å². The van der Waals surface area contributed by atoms with E-state index in [0.717, 1.165) is 12.8 Å². The van der Waals surface area contributed by atoms with Gasteiger partial charge in [0.15, 0.2) is 5.78 Å². The Bertz CT molecular complexity index is 271. The fourth-order valence-corrected chi connectivity index (χ4v) is 2.09. The maximum absolute atomic E-state index is 11.1. The lowest BCUT2D eigenvalue weighted by Crippen LogP contribution is -2.16. The SMILES string of the molecule is CC1=CC2=CC(=O)CC[C@@H]2CC1. The van der Waals surface area contributed by atoms with E-state index in [9.17, 15) is 4.79 Å². The van der Waals surface area contributed by atoms with Crippen molar-refractivity contribution in [3.8, 4) is 0 Å². The van der Waals surface area contributed by atoms with Crippen molar-refractivity contribution in [1.29, 1.82) is 0 Å². The van der Waals surface area contributed by atoms with Gasteiger partial charge in [-0.3, -0.25) is 4.79 Å². The summed E-state index contributed by atoms with van der Waals surface area (Å²) in [5, 5.41) is 0. The van der Waals surface area contributed by atoms with Crippen LogP contribution in [0.2, 0.25) is 0 Å². The molecular weight excluding hydrogens is 148 g/mol. The lowest BCUT2D eigenvalue weighted by molar-refractivity contribution is -0.115. The zero-order valence-corrected chi connectivity index (χ0v) is 7.47. The van der Waals surface area contributed by atoms with Gasteiger partial charge in [-0.25, -0.2) is 0 Å². The highest BCUT2D eigenvalue weighted by Crippen LogP contribution is 2.34. The molecule has 0 N–H and O–H groups in total. The first-order valence-corrected chi connectivity index (χ1v) is 4.67. The van der Waals surface area contributed by atoms with Crippen LogP contribution in [0.25, 0.3) is 0 Å². The maximum Gasteiger partial charge on any atom is 0.155 e. The second kappa shape index (κ2) is 2.89. The molecule has 0 aromatic heterocycles. The summed E-state index contributed by atoms with van der Waals surface area (Å²) in [6.45, 7) is 2.15. The molecule has 0 saturated heterocycles. The highest BCUT2D eigenvalue weighted by molar-refractivity contribution is 5.91. The van der Waals surface area contributed by atoms with Crippen LogP contribution in [0.15, 0.2) is 23.3 Å². The van der Waals surface area contributed by atoms with Gasteiger partial charge >= 0.3 is 0 Å². The van der Waals surface area contributed by atoms with Crippen molar-refractivity contribution < 1.29 is 4.79 Å². The Hall–Kier alpha value is -0.850. The van der Waals surface area contributed by atoms with Crippen molar-refractivity contribution in [1.82, 2.24) is 0 Å². The lowest BCUT2D eigenvalue weighted by atomic mass is 9.79. The van der Waals surface area contributed by atoms with Crippen LogP contribution in [-0.4, -0.2) is 5.78 Å². The molecule has 0 bridgehead atoms. The second-order valence-corrected chi connectivity index (χ2v) is 3.88. The number of allylic oxidation sites excluding steroid dienone is 4. The number of hydrogen-bond acceptors (Lipinski definition) is 1. The molecule has 0 radical (unpaired) electrons. The largest absolute Gasteiger partial charge is 0.295 e. The number of carbonyl (C=O) groups excluding carboxylic acids is 1. The van der Waals surface area contributed by atoms with Crippen molar-refractivity contribution in [3.63, 3.8) is 0 Å². The van der Waals surface area contributed by atoms with Gasteiger partial charge in [-0.2, -0.15) is 0 Å². The van der Waals surface area contributed by atoms with Crippen LogP contribution in [0.1, 0.15) is 32.6 Å². The monoisotopic (exact) mass is 162 g/mol. The Morgan fingerprint density at radius 2 is 2.00 bits per heavy atom. The fraction of sp³-hybridized carbons (Fsp3) is 0.545. The van der Waals surface area contributed by atoms with E-state index in [-0.39, 0.29) is 0 Å². The summed E-state index contributed by atoms with van der Waals surface area (Å²) >= 11 is 0. The molecule has 2 rings (SSSR count). The summed E-state index contributed by atoms with van der Waals surface area (Å²) in [5.74, 6) is 0.999. The first kappa shape index (κ1) is 7.78. The lowest BCUT2D eigenvalue weighted by Gasteiger charge is -2.26. The van der Waals surface area contributed by atoms with E-state index in [1.165, 1.54) is 24.0 Å². The molecule has 2 aliphatic carbocycles. The van der Waals surface area contributed by atoms with Gasteiger partial charge in [0.25, 0.3) is 0 Å². The molecule has 1 heteroatoms. The van der Waals surface area contributed by atoms with Crippen molar-refractivity contribution in [2.24, 2.45) is 5.92 Å². The third kappa shape index (κ3) is 1.36. The van der Waals surface area contributed by atoms with Crippen LogP contribution < -0.4 is 0 Å². The van der Waals surface area contributed by atoms with Gasteiger partial charge in [-0.15, -0.1) is 0 Å². The Kier molecular flexibility index (Phi) is 1.87. The third-order valence-corrected chi connectivity index (χ3v) is 2.84. The molecule has 2 aliphatic rings. The van der Waals surface area contributed by atoms with Crippen LogP contribution in [0.4, 0.5) is 0 Å². The van der Waals surface area contributed by atoms with E-state index in [4.69, 9.17) is 0 Å². The molecule has 0 heterocycles. The predicted octanol–water partition coefficient (Wildman–Crippen LogP) is 2.63. The average Bonchev–Trinajstić information content (AvgIpc) is 2.03. The van der Waals surface area contributed by atoms with Gasteiger partial charge in [0.1, 0.15) is 0 Å². The van der Waals surface area contributed by atoms with Gasteiger partial charge < -0.3 is 0 Å². The average molecular weight is 162 g/mol. The van der Waals surface area contributed by atoms with Gasteiger partial charge in [-0.05, 0) is 43.8 Å². The summed E-state index contributed by atoms with van der Waals surface area (Å²) < 4.78 is 0. The Balaban J connectivity index is 2.31. The fourth-order valence-electron chi connectivity index (χ4n) is 2.09. The molecule has 0 saturated carbocycles. The Morgan fingerprint density at radius 3 is 2.83 bits per heavy atom. The minimum Gasteiger partial charge on any atom is -0.295 e. The van der Waals surface area contributed by atoms with Crippen LogP contribution in [-0.2, 0) is 4.79 Å². The van der Waals surface area contributed by atoms with Crippen LogP contribution in [0.3, 0.4) is 0 Å². The summed E-state index contributed by atoms with van der Waals surface area (Å²) in [7, 11) is 0. The zero-order chi connectivity index (χ0) is 8.55. The molecule has 0 spiro atoms. The highest BCUT2D eigenvalue weighted by atomic mass is 16.1. The van der Waals surface area contributed by atoms with Gasteiger partial charge in [0.05, 0.1) is 0 Å². The van der Waals surface area contributed by atoms with Crippen molar-refractivity contribution >= 4 is 5.78 Å². The van der Waals surface area contributed by atoms with Crippen LogP contribution >= 0.6 is 0 Å². The van der Waals surface area contributed by atoms with Crippen LogP contribution in [0.5, 0.6) is 0 Å². The number of fused-ring (bicyclic) bond motifs is 1. The zero-order valence-electron chi connectivity index (χ0n) is 7.47. The summed E-state index contributed by atoms with van der Waals surface area (Å²) in [5.41, 5.74) is 2.71. The maximum atomic E-state index is 11.1.